The van der Waals surface area contributed by atoms with Crippen LogP contribution < -0.4 is 5.73 Å². The smallest absolute Gasteiger partial charge is 0.374 e. The van der Waals surface area contributed by atoms with Crippen molar-refractivity contribution in [2.24, 2.45) is 0 Å². The highest BCUT2D eigenvalue weighted by Crippen LogP contribution is 2.74. The summed E-state index contributed by atoms with van der Waals surface area (Å²) in [5, 5.41) is -2.40. The van der Waals surface area contributed by atoms with Crippen LogP contribution in [-0.4, -0.2) is 10.7 Å². The second kappa shape index (κ2) is 6.23. The zero-order valence-corrected chi connectivity index (χ0v) is 14.3. The van der Waals surface area contributed by atoms with Gasteiger partial charge in [0.05, 0.1) is 10.8 Å². The van der Waals surface area contributed by atoms with Crippen LogP contribution in [0.1, 0.15) is 56.2 Å². The van der Waals surface area contributed by atoms with E-state index in [0.29, 0.717) is 16.8 Å². The summed E-state index contributed by atoms with van der Waals surface area (Å²) in [7, 11) is -8.02. The van der Waals surface area contributed by atoms with E-state index in [1.54, 1.807) is 0 Å². The molecule has 0 unspecified atom stereocenters. The molecule has 1 aromatic carbocycles. The number of hydrogen-bond acceptors (Lipinski definition) is 3. The van der Waals surface area contributed by atoms with Crippen molar-refractivity contribution in [3.05, 3.63) is 28.8 Å². The van der Waals surface area contributed by atoms with Crippen LogP contribution in [0.15, 0.2) is 12.1 Å². The number of benzene rings is 1. The van der Waals surface area contributed by atoms with Crippen LogP contribution in [0.5, 0.6) is 0 Å². The third-order valence-electron chi connectivity index (χ3n) is 3.04. The van der Waals surface area contributed by atoms with Crippen LogP contribution in [0.4, 0.5) is 26.5 Å². The predicted molar refractivity (Wildman–Crippen MR) is 89.2 cm³/mol. The van der Waals surface area contributed by atoms with E-state index in [1.807, 2.05) is 27.7 Å². The first kappa shape index (κ1) is 19.0. The van der Waals surface area contributed by atoms with Gasteiger partial charge in [-0.25, -0.2) is 4.79 Å². The standard InChI is InChI=1S/C14H19F4NOS2/c1-8(2)11-5-10(6-12(9(3)4)13(11)19)7-22(16,17,18)21-14(15)20/h5-9H,19H2,1-4H3. The van der Waals surface area contributed by atoms with E-state index in [1.165, 1.54) is 12.1 Å². The molecule has 22 heavy (non-hydrogen) atoms. The lowest BCUT2D eigenvalue weighted by molar-refractivity contribution is 0.245. The van der Waals surface area contributed by atoms with Gasteiger partial charge in [0.2, 0.25) is 0 Å². The van der Waals surface area contributed by atoms with E-state index >= 15 is 0 Å². The summed E-state index contributed by atoms with van der Waals surface area (Å²) in [6.45, 7) is 7.32. The maximum atomic E-state index is 13.7. The zero-order chi connectivity index (χ0) is 17.3. The summed E-state index contributed by atoms with van der Waals surface area (Å²) >= 11 is 0. The van der Waals surface area contributed by atoms with E-state index in [0.717, 1.165) is 0 Å². The van der Waals surface area contributed by atoms with E-state index in [9.17, 15) is 20.8 Å². The van der Waals surface area contributed by atoms with Crippen molar-refractivity contribution in [1.82, 2.24) is 0 Å². The third-order valence-corrected chi connectivity index (χ3v) is 5.63. The Hall–Kier alpha value is -1.02. The van der Waals surface area contributed by atoms with E-state index in [2.05, 4.69) is 0 Å². The van der Waals surface area contributed by atoms with Gasteiger partial charge >= 0.3 is 5.37 Å². The van der Waals surface area contributed by atoms with Gasteiger partial charge in [0.25, 0.3) is 0 Å². The molecule has 0 fully saturated rings. The Balaban J connectivity index is 3.59. The van der Waals surface area contributed by atoms with Crippen molar-refractivity contribution in [3.63, 3.8) is 0 Å². The van der Waals surface area contributed by atoms with E-state index < -0.39 is 25.1 Å². The summed E-state index contributed by atoms with van der Waals surface area (Å²) in [6.07, 6.45) is 0. The van der Waals surface area contributed by atoms with Crippen molar-refractivity contribution in [3.8, 4) is 0 Å². The quantitative estimate of drug-likeness (QED) is 0.223. The molecule has 0 atom stereocenters. The Morgan fingerprint density at radius 1 is 1.14 bits per heavy atom. The van der Waals surface area contributed by atoms with Crippen molar-refractivity contribution < 1.29 is 20.8 Å². The molecule has 2 N–H and O–H groups in total. The monoisotopic (exact) mass is 357 g/mol. The number of nitrogens with two attached hydrogens (primary N) is 1. The average Bonchev–Trinajstić information content (AvgIpc) is 2.27. The third kappa shape index (κ3) is 5.01. The molecule has 126 valence electrons. The van der Waals surface area contributed by atoms with Crippen molar-refractivity contribution >= 4 is 36.2 Å². The van der Waals surface area contributed by atoms with E-state index in [-0.39, 0.29) is 22.8 Å². The molecule has 0 aromatic heterocycles. The Kier molecular flexibility index (Phi) is 5.39. The van der Waals surface area contributed by atoms with Crippen LogP contribution in [0.2, 0.25) is 0 Å². The predicted octanol–water partition coefficient (Wildman–Crippen LogP) is 6.40. The van der Waals surface area contributed by atoms with Gasteiger partial charge in [0.15, 0.2) is 8.94 Å². The second-order valence-electron chi connectivity index (χ2n) is 5.59. The van der Waals surface area contributed by atoms with Crippen LogP contribution in [0.3, 0.4) is 0 Å². The number of rotatable bonds is 4. The lowest BCUT2D eigenvalue weighted by atomic mass is 9.91. The molecule has 1 rings (SSSR count). The van der Waals surface area contributed by atoms with Crippen LogP contribution >= 0.6 is 19.7 Å². The number of anilines is 1. The number of nitrogen functional groups attached to an aromatic ring is 1. The highest BCUT2D eigenvalue weighted by Gasteiger charge is 2.36. The molecule has 0 aliphatic carbocycles. The molecule has 0 radical (unpaired) electrons. The molecular weight excluding hydrogens is 338 g/mol. The van der Waals surface area contributed by atoms with Gasteiger partial charge in [-0.05, 0) is 40.7 Å². The normalized spacial score (nSPS) is 14.0. The zero-order valence-electron chi connectivity index (χ0n) is 12.7. The summed E-state index contributed by atoms with van der Waals surface area (Å²) in [5.41, 5.74) is 7.61. The molecule has 0 heterocycles. The Morgan fingerprint density at radius 2 is 1.55 bits per heavy atom. The maximum Gasteiger partial charge on any atom is 0.374 e. The van der Waals surface area contributed by atoms with Crippen molar-refractivity contribution in [2.75, 3.05) is 5.73 Å². The van der Waals surface area contributed by atoms with Crippen LogP contribution in [0.25, 0.3) is 0 Å². The lowest BCUT2D eigenvalue weighted by Crippen LogP contribution is -2.05. The minimum absolute atomic E-state index is 0.0521. The van der Waals surface area contributed by atoms with Gasteiger partial charge in [-0.15, -0.1) is 11.7 Å². The van der Waals surface area contributed by atoms with Crippen molar-refractivity contribution in [1.29, 1.82) is 0 Å². The number of carbonyl (C=O) groups excluding carboxylic acids is 1. The van der Waals surface area contributed by atoms with Gasteiger partial charge in [0.1, 0.15) is 0 Å². The maximum absolute atomic E-state index is 13.7. The number of hydrogen-bond donors (Lipinski definition) is 1. The van der Waals surface area contributed by atoms with Gasteiger partial charge in [-0.1, -0.05) is 27.7 Å². The van der Waals surface area contributed by atoms with Gasteiger partial charge in [-0.3, -0.25) is 0 Å². The number of halogens is 4. The first-order chi connectivity index (χ1) is 9.80. The topological polar surface area (TPSA) is 43.1 Å². The van der Waals surface area contributed by atoms with E-state index in [4.69, 9.17) is 5.73 Å². The van der Waals surface area contributed by atoms with Crippen LogP contribution in [-0.2, 0) is 0 Å². The summed E-state index contributed by atoms with van der Waals surface area (Å²) in [4.78, 5) is 10.2. The SMILES string of the molecule is CC(C)c1cc(C=S(F)(F)(F)SC(=O)F)cc(C(C)C)c1N. The van der Waals surface area contributed by atoms with Crippen LogP contribution in [0, 0.1) is 0 Å². The molecule has 0 aliphatic heterocycles. The molecule has 0 saturated heterocycles. The fraction of sp³-hybridized carbons (Fsp3) is 0.429. The summed E-state index contributed by atoms with van der Waals surface area (Å²) in [6, 6.07) is 2.70. The fourth-order valence-corrected chi connectivity index (χ4v) is 4.07. The van der Waals surface area contributed by atoms with Crippen molar-refractivity contribution in [2.45, 2.75) is 39.5 Å². The number of carbonyl (C=O) groups is 1. The molecule has 8 heteroatoms. The minimum atomic E-state index is -6.82. The molecule has 0 aliphatic rings. The Labute approximate surface area is 131 Å². The van der Waals surface area contributed by atoms with Gasteiger partial charge < -0.3 is 5.73 Å². The second-order valence-corrected chi connectivity index (χ2v) is 9.98. The Morgan fingerprint density at radius 3 is 1.86 bits per heavy atom. The molecular formula is C14H19F4NOS2. The molecule has 0 saturated carbocycles. The first-order valence-corrected chi connectivity index (χ1v) is 9.72. The molecule has 2 nitrogen and oxygen atoms in total. The average molecular weight is 357 g/mol. The first-order valence-electron chi connectivity index (χ1n) is 6.58. The highest BCUT2D eigenvalue weighted by molar-refractivity contribution is 8.99. The largest absolute Gasteiger partial charge is 0.398 e. The lowest BCUT2D eigenvalue weighted by Gasteiger charge is -2.21. The molecule has 1 aromatic rings. The summed E-state index contributed by atoms with van der Waals surface area (Å²) in [5.74, 6) is -0.105. The molecule has 0 amide bonds. The van der Waals surface area contributed by atoms with Gasteiger partial charge in [0, 0.05) is 11.1 Å². The van der Waals surface area contributed by atoms with Gasteiger partial charge in [-0.2, -0.15) is 4.39 Å². The minimum Gasteiger partial charge on any atom is -0.398 e. The molecule has 0 spiro atoms. The summed E-state index contributed by atoms with van der Waals surface area (Å²) < 4.78 is 53.2. The fourth-order valence-electron chi connectivity index (χ4n) is 2.09. The molecule has 0 bridgehead atoms. The Bertz CT molecular complexity index is 625. The highest BCUT2D eigenvalue weighted by atomic mass is 33.2.